The predicted molar refractivity (Wildman–Crippen MR) is 176 cm³/mol. The Balaban J connectivity index is 1.56. The van der Waals surface area contributed by atoms with Crippen molar-refractivity contribution in [2.75, 3.05) is 13.2 Å². The summed E-state index contributed by atoms with van der Waals surface area (Å²) in [5.74, 6) is 1.19. The van der Waals surface area contributed by atoms with Gasteiger partial charge in [0.2, 0.25) is 0 Å². The van der Waals surface area contributed by atoms with Crippen LogP contribution in [0.4, 0.5) is 0 Å². The number of hydrogen-bond donors (Lipinski definition) is 0. The Morgan fingerprint density at radius 1 is 0.429 bits per heavy atom. The van der Waals surface area contributed by atoms with E-state index in [-0.39, 0.29) is 18.0 Å². The molecule has 2 aromatic carbocycles. The van der Waals surface area contributed by atoms with Crippen LogP contribution in [-0.4, -0.2) is 24.8 Å². The first-order valence-electron chi connectivity index (χ1n) is 17.2. The zero-order valence-corrected chi connectivity index (χ0v) is 26.8. The molecule has 0 N–H and O–H groups in total. The van der Waals surface area contributed by atoms with Crippen LogP contribution in [0, 0.1) is 0 Å². The lowest BCUT2D eigenvalue weighted by Gasteiger charge is -2.08. The predicted octanol–water partition coefficient (Wildman–Crippen LogP) is 11.4. The number of unbranched alkanes of at least 4 members (excludes halogenated alkanes) is 17. The van der Waals surface area contributed by atoms with E-state index in [1.165, 1.54) is 109 Å². The Morgan fingerprint density at radius 2 is 0.714 bits per heavy atom. The number of Topliss-reactive ketones (excluding diaryl/α,β-unsaturated/α-hetero) is 2. The lowest BCUT2D eigenvalue weighted by atomic mass is 10.0. The summed E-state index contributed by atoms with van der Waals surface area (Å²) >= 11 is 0. The van der Waals surface area contributed by atoms with Crippen molar-refractivity contribution >= 4 is 11.6 Å². The Labute approximate surface area is 257 Å². The van der Waals surface area contributed by atoms with Crippen molar-refractivity contribution in [1.29, 1.82) is 0 Å². The van der Waals surface area contributed by atoms with E-state index < -0.39 is 0 Å². The Bertz CT molecular complexity index is 948. The van der Waals surface area contributed by atoms with Crippen molar-refractivity contribution in [2.24, 2.45) is 0 Å². The third-order valence-electron chi connectivity index (χ3n) is 7.96. The molecule has 2 rings (SSSR count). The summed E-state index contributed by atoms with van der Waals surface area (Å²) in [7, 11) is 0. The quantitative estimate of drug-likeness (QED) is 0.0601. The molecule has 0 bridgehead atoms. The summed E-state index contributed by atoms with van der Waals surface area (Å²) in [6.45, 7) is 5.90. The van der Waals surface area contributed by atoms with Crippen LogP contribution in [0.25, 0.3) is 0 Å². The Hall–Kier alpha value is -2.62. The van der Waals surface area contributed by atoms with Crippen LogP contribution in [0.2, 0.25) is 0 Å². The smallest absolute Gasteiger partial charge is 0.170 e. The van der Waals surface area contributed by atoms with E-state index >= 15 is 0 Å². The van der Waals surface area contributed by atoms with Crippen LogP contribution in [0.15, 0.2) is 48.5 Å². The molecule has 4 heteroatoms. The molecule has 0 aliphatic rings. The molecule has 0 aromatic heterocycles. The SMILES string of the molecule is CCCCCCCCCCCCOc1ccc(C(=O)CC(=O)c2ccc(OCCCCCCCCCCC)cc2)cc1. The maximum Gasteiger partial charge on any atom is 0.170 e. The van der Waals surface area contributed by atoms with Gasteiger partial charge in [-0.15, -0.1) is 0 Å². The summed E-state index contributed by atoms with van der Waals surface area (Å²) in [5.41, 5.74) is 1.07. The van der Waals surface area contributed by atoms with Gasteiger partial charge >= 0.3 is 0 Å². The molecular formula is C38H58O4. The first-order chi connectivity index (χ1) is 20.6. The average Bonchev–Trinajstić information content (AvgIpc) is 3.01. The maximum absolute atomic E-state index is 12.7. The second kappa shape index (κ2) is 23.9. The standard InChI is InChI=1S/C38H58O4/c1-3-5-7-9-11-13-15-17-19-21-31-42-36-28-24-34(25-29-36)38(40)32-37(39)33-22-26-35(27-23-33)41-30-20-18-16-14-12-10-8-6-4-2/h22-29H,3-21,30-32H2,1-2H3. The fourth-order valence-corrected chi connectivity index (χ4v) is 5.21. The van der Waals surface area contributed by atoms with Crippen LogP contribution >= 0.6 is 0 Å². The number of benzene rings is 2. The molecule has 0 amide bonds. The molecule has 0 saturated carbocycles. The molecule has 234 valence electrons. The molecule has 0 saturated heterocycles. The molecule has 0 aliphatic carbocycles. The van der Waals surface area contributed by atoms with Crippen LogP contribution in [0.3, 0.4) is 0 Å². The molecule has 0 unspecified atom stereocenters. The molecule has 0 radical (unpaired) electrons. The van der Waals surface area contributed by atoms with E-state index in [1.54, 1.807) is 24.3 Å². The van der Waals surface area contributed by atoms with Crippen LogP contribution in [0.5, 0.6) is 11.5 Å². The van der Waals surface area contributed by atoms with Crippen molar-refractivity contribution in [3.63, 3.8) is 0 Å². The molecular weight excluding hydrogens is 520 g/mol. The van der Waals surface area contributed by atoms with Gasteiger partial charge in [-0.05, 0) is 61.4 Å². The molecule has 2 aromatic rings. The normalized spacial score (nSPS) is 11.0. The Kier molecular flexibility index (Phi) is 20.2. The third kappa shape index (κ3) is 16.7. The van der Waals surface area contributed by atoms with E-state index in [4.69, 9.17) is 9.47 Å². The van der Waals surface area contributed by atoms with Crippen molar-refractivity contribution in [2.45, 2.75) is 142 Å². The van der Waals surface area contributed by atoms with Gasteiger partial charge in [0.1, 0.15) is 11.5 Å². The maximum atomic E-state index is 12.7. The minimum atomic E-state index is -0.174. The topological polar surface area (TPSA) is 52.6 Å². The number of carbonyl (C=O) groups excluding carboxylic acids is 2. The monoisotopic (exact) mass is 578 g/mol. The highest BCUT2D eigenvalue weighted by molar-refractivity contribution is 6.13. The highest BCUT2D eigenvalue weighted by atomic mass is 16.5. The van der Waals surface area contributed by atoms with Crippen molar-refractivity contribution in [3.8, 4) is 11.5 Å². The van der Waals surface area contributed by atoms with Crippen molar-refractivity contribution in [1.82, 2.24) is 0 Å². The zero-order chi connectivity index (χ0) is 30.1. The van der Waals surface area contributed by atoms with E-state index in [1.807, 2.05) is 24.3 Å². The fraction of sp³-hybridized carbons (Fsp3) is 0.632. The van der Waals surface area contributed by atoms with Crippen molar-refractivity contribution < 1.29 is 19.1 Å². The first kappa shape index (κ1) is 35.6. The van der Waals surface area contributed by atoms with Gasteiger partial charge in [0, 0.05) is 11.1 Å². The van der Waals surface area contributed by atoms with E-state index in [0.29, 0.717) is 24.3 Å². The second-order valence-electron chi connectivity index (χ2n) is 11.8. The van der Waals surface area contributed by atoms with Gasteiger partial charge in [0.25, 0.3) is 0 Å². The van der Waals surface area contributed by atoms with E-state index in [9.17, 15) is 9.59 Å². The average molecular weight is 579 g/mol. The van der Waals surface area contributed by atoms with Crippen LogP contribution in [0.1, 0.15) is 163 Å². The number of ketones is 2. The molecule has 0 aliphatic heterocycles. The van der Waals surface area contributed by atoms with Gasteiger partial charge in [-0.2, -0.15) is 0 Å². The number of ether oxygens (including phenoxy) is 2. The molecule has 0 heterocycles. The first-order valence-corrected chi connectivity index (χ1v) is 17.2. The molecule has 0 atom stereocenters. The molecule has 0 fully saturated rings. The van der Waals surface area contributed by atoms with Gasteiger partial charge in [0.05, 0.1) is 19.6 Å². The zero-order valence-electron chi connectivity index (χ0n) is 26.8. The summed E-state index contributed by atoms with van der Waals surface area (Å²) in [6.07, 6.45) is 24.4. The van der Waals surface area contributed by atoms with Gasteiger partial charge in [-0.1, -0.05) is 123 Å². The van der Waals surface area contributed by atoms with E-state index in [2.05, 4.69) is 13.8 Å². The number of hydrogen-bond acceptors (Lipinski definition) is 4. The van der Waals surface area contributed by atoms with E-state index in [0.717, 1.165) is 24.3 Å². The highest BCUT2D eigenvalue weighted by Gasteiger charge is 2.14. The van der Waals surface area contributed by atoms with Crippen molar-refractivity contribution in [3.05, 3.63) is 59.7 Å². The lowest BCUT2D eigenvalue weighted by molar-refractivity contribution is 0.0894. The summed E-state index contributed by atoms with van der Waals surface area (Å²) < 4.78 is 11.7. The third-order valence-corrected chi connectivity index (χ3v) is 7.96. The molecule has 42 heavy (non-hydrogen) atoms. The largest absolute Gasteiger partial charge is 0.494 e. The molecule has 0 spiro atoms. The van der Waals surface area contributed by atoms with Crippen LogP contribution < -0.4 is 9.47 Å². The number of rotatable bonds is 27. The van der Waals surface area contributed by atoms with Gasteiger partial charge in [0.15, 0.2) is 11.6 Å². The minimum absolute atomic E-state index is 0.141. The summed E-state index contributed by atoms with van der Waals surface area (Å²) in [6, 6.07) is 14.3. The Morgan fingerprint density at radius 3 is 1.02 bits per heavy atom. The minimum Gasteiger partial charge on any atom is -0.494 e. The fourth-order valence-electron chi connectivity index (χ4n) is 5.21. The number of carbonyl (C=O) groups is 2. The molecule has 4 nitrogen and oxygen atoms in total. The van der Waals surface area contributed by atoms with Gasteiger partial charge < -0.3 is 9.47 Å². The summed E-state index contributed by atoms with van der Waals surface area (Å²) in [4.78, 5) is 25.4. The van der Waals surface area contributed by atoms with Gasteiger partial charge in [-0.3, -0.25) is 9.59 Å². The van der Waals surface area contributed by atoms with Gasteiger partial charge in [-0.25, -0.2) is 0 Å². The summed E-state index contributed by atoms with van der Waals surface area (Å²) in [5, 5.41) is 0. The second-order valence-corrected chi connectivity index (χ2v) is 11.8. The van der Waals surface area contributed by atoms with Crippen LogP contribution in [-0.2, 0) is 0 Å². The highest BCUT2D eigenvalue weighted by Crippen LogP contribution is 2.18. The lowest BCUT2D eigenvalue weighted by Crippen LogP contribution is -2.09.